The first-order valence-electron chi connectivity index (χ1n) is 6.14. The highest BCUT2D eigenvalue weighted by Crippen LogP contribution is 2.32. The number of benzene rings is 1. The van der Waals surface area contributed by atoms with Gasteiger partial charge < -0.3 is 5.32 Å². The van der Waals surface area contributed by atoms with E-state index in [9.17, 15) is 13.2 Å². The van der Waals surface area contributed by atoms with Crippen LogP contribution in [0.5, 0.6) is 0 Å². The van der Waals surface area contributed by atoms with Gasteiger partial charge in [-0.3, -0.25) is 4.98 Å². The summed E-state index contributed by atoms with van der Waals surface area (Å²) in [5, 5.41) is 12.0. The fourth-order valence-electron chi connectivity index (χ4n) is 2.00. The molecule has 6 heteroatoms. The third kappa shape index (κ3) is 3.31. The number of nitriles is 1. The van der Waals surface area contributed by atoms with Crippen LogP contribution in [0, 0.1) is 25.2 Å². The first kappa shape index (κ1) is 14.9. The summed E-state index contributed by atoms with van der Waals surface area (Å²) in [4.78, 5) is 4.16. The molecule has 0 amide bonds. The predicted molar refractivity (Wildman–Crippen MR) is 73.2 cm³/mol. The van der Waals surface area contributed by atoms with Crippen molar-refractivity contribution in [3.8, 4) is 6.07 Å². The van der Waals surface area contributed by atoms with Crippen LogP contribution >= 0.6 is 0 Å². The zero-order valence-electron chi connectivity index (χ0n) is 11.4. The summed E-state index contributed by atoms with van der Waals surface area (Å²) in [5.74, 6) is 0. The van der Waals surface area contributed by atoms with Gasteiger partial charge in [-0.15, -0.1) is 0 Å². The number of hydrogen-bond donors (Lipinski definition) is 1. The SMILES string of the molecule is Cc1cc(Nc2cccc(C(F)(F)F)c2)c(C#N)c(C)n1. The number of halogens is 3. The maximum absolute atomic E-state index is 12.7. The van der Waals surface area contributed by atoms with Crippen molar-refractivity contribution >= 4 is 11.4 Å². The van der Waals surface area contributed by atoms with Crippen LogP contribution in [0.4, 0.5) is 24.5 Å². The highest BCUT2D eigenvalue weighted by Gasteiger charge is 2.30. The molecule has 3 nitrogen and oxygen atoms in total. The van der Waals surface area contributed by atoms with E-state index in [1.807, 2.05) is 6.07 Å². The van der Waals surface area contributed by atoms with Crippen molar-refractivity contribution in [3.05, 3.63) is 52.8 Å². The number of aryl methyl sites for hydroxylation is 2. The molecular formula is C15H12F3N3. The molecule has 108 valence electrons. The second kappa shape index (κ2) is 5.44. The Morgan fingerprint density at radius 3 is 2.52 bits per heavy atom. The Morgan fingerprint density at radius 1 is 1.19 bits per heavy atom. The van der Waals surface area contributed by atoms with E-state index in [0.29, 0.717) is 22.6 Å². The van der Waals surface area contributed by atoms with Crippen LogP contribution in [0.3, 0.4) is 0 Å². The van der Waals surface area contributed by atoms with Crippen LogP contribution in [0.15, 0.2) is 30.3 Å². The first-order chi connectivity index (χ1) is 9.81. The lowest BCUT2D eigenvalue weighted by Crippen LogP contribution is -2.06. The molecule has 0 bridgehead atoms. The maximum Gasteiger partial charge on any atom is 0.416 e. The van der Waals surface area contributed by atoms with E-state index in [-0.39, 0.29) is 5.69 Å². The fourth-order valence-corrected chi connectivity index (χ4v) is 2.00. The summed E-state index contributed by atoms with van der Waals surface area (Å²) < 4.78 is 38.1. The fraction of sp³-hybridized carbons (Fsp3) is 0.200. The third-order valence-electron chi connectivity index (χ3n) is 2.91. The number of aromatic nitrogens is 1. The lowest BCUT2D eigenvalue weighted by molar-refractivity contribution is -0.137. The van der Waals surface area contributed by atoms with Crippen LogP contribution in [0.2, 0.25) is 0 Å². The van der Waals surface area contributed by atoms with Gasteiger partial charge >= 0.3 is 6.18 Å². The molecule has 0 saturated carbocycles. The molecule has 1 N–H and O–H groups in total. The predicted octanol–water partition coefficient (Wildman–Crippen LogP) is 4.33. The molecule has 0 aliphatic carbocycles. The van der Waals surface area contributed by atoms with Crippen LogP contribution in [0.1, 0.15) is 22.5 Å². The van der Waals surface area contributed by atoms with E-state index in [0.717, 1.165) is 12.1 Å². The molecule has 2 rings (SSSR count). The highest BCUT2D eigenvalue weighted by atomic mass is 19.4. The van der Waals surface area contributed by atoms with Gasteiger partial charge in [-0.25, -0.2) is 0 Å². The maximum atomic E-state index is 12.7. The Hall–Kier alpha value is -2.55. The first-order valence-corrected chi connectivity index (χ1v) is 6.14. The standard InChI is InChI=1S/C15H12F3N3/c1-9-6-14(13(8-19)10(2)20-9)21-12-5-3-4-11(7-12)15(16,17)18/h3-7H,1-2H3,(H,20,21). The lowest BCUT2D eigenvalue weighted by atomic mass is 10.1. The molecule has 0 spiro atoms. The Morgan fingerprint density at radius 2 is 1.90 bits per heavy atom. The quantitative estimate of drug-likeness (QED) is 0.895. The van der Waals surface area contributed by atoms with Gasteiger partial charge in [0.25, 0.3) is 0 Å². The van der Waals surface area contributed by atoms with E-state index < -0.39 is 11.7 Å². The van der Waals surface area contributed by atoms with E-state index in [4.69, 9.17) is 5.26 Å². The van der Waals surface area contributed by atoms with Gasteiger partial charge in [0.15, 0.2) is 0 Å². The zero-order valence-corrected chi connectivity index (χ0v) is 11.4. The van der Waals surface area contributed by atoms with Crippen molar-refractivity contribution in [2.45, 2.75) is 20.0 Å². The summed E-state index contributed by atoms with van der Waals surface area (Å²) in [7, 11) is 0. The number of rotatable bonds is 2. The van der Waals surface area contributed by atoms with Crippen LogP contribution in [-0.4, -0.2) is 4.98 Å². The van der Waals surface area contributed by atoms with Gasteiger partial charge in [-0.2, -0.15) is 18.4 Å². The van der Waals surface area contributed by atoms with Gasteiger partial charge in [-0.05, 0) is 38.1 Å². The van der Waals surface area contributed by atoms with Crippen molar-refractivity contribution in [1.82, 2.24) is 4.98 Å². The Labute approximate surface area is 120 Å². The smallest absolute Gasteiger partial charge is 0.354 e. The molecule has 1 aromatic heterocycles. The topological polar surface area (TPSA) is 48.7 Å². The van der Waals surface area contributed by atoms with Gasteiger partial charge in [0, 0.05) is 11.4 Å². The van der Waals surface area contributed by atoms with Crippen molar-refractivity contribution in [2.24, 2.45) is 0 Å². The number of nitrogens with zero attached hydrogens (tertiary/aromatic N) is 2. The minimum absolute atomic E-state index is 0.270. The van der Waals surface area contributed by atoms with E-state index in [1.165, 1.54) is 12.1 Å². The molecule has 1 aromatic carbocycles. The van der Waals surface area contributed by atoms with Gasteiger partial charge in [0.1, 0.15) is 6.07 Å². The van der Waals surface area contributed by atoms with Crippen LogP contribution in [0.25, 0.3) is 0 Å². The normalized spacial score (nSPS) is 11.0. The molecule has 2 aromatic rings. The monoisotopic (exact) mass is 291 g/mol. The number of nitrogens with one attached hydrogen (secondary N) is 1. The Kier molecular flexibility index (Phi) is 3.85. The summed E-state index contributed by atoms with van der Waals surface area (Å²) >= 11 is 0. The largest absolute Gasteiger partial charge is 0.416 e. The Balaban J connectivity index is 2.42. The van der Waals surface area contributed by atoms with Gasteiger partial charge in [-0.1, -0.05) is 6.07 Å². The number of alkyl halides is 3. The second-order valence-corrected chi connectivity index (χ2v) is 4.59. The van der Waals surface area contributed by atoms with Crippen LogP contribution in [-0.2, 0) is 6.18 Å². The zero-order chi connectivity index (χ0) is 15.6. The molecule has 1 heterocycles. The highest BCUT2D eigenvalue weighted by molar-refractivity contribution is 5.68. The van der Waals surface area contributed by atoms with E-state index in [2.05, 4.69) is 10.3 Å². The second-order valence-electron chi connectivity index (χ2n) is 4.59. The average Bonchev–Trinajstić information content (AvgIpc) is 2.37. The summed E-state index contributed by atoms with van der Waals surface area (Å²) in [6, 6.07) is 8.48. The molecule has 0 saturated heterocycles. The molecule has 0 unspecified atom stereocenters. The summed E-state index contributed by atoms with van der Waals surface area (Å²) in [6.45, 7) is 3.44. The molecule has 0 radical (unpaired) electrons. The Bertz CT molecular complexity index is 715. The lowest BCUT2D eigenvalue weighted by Gasteiger charge is -2.13. The van der Waals surface area contributed by atoms with Crippen LogP contribution < -0.4 is 5.32 Å². The summed E-state index contributed by atoms with van der Waals surface area (Å²) in [5.41, 5.74) is 1.51. The van der Waals surface area contributed by atoms with Crippen molar-refractivity contribution in [3.63, 3.8) is 0 Å². The molecular weight excluding hydrogens is 279 g/mol. The van der Waals surface area contributed by atoms with Gasteiger partial charge in [0.2, 0.25) is 0 Å². The average molecular weight is 291 g/mol. The number of hydrogen-bond acceptors (Lipinski definition) is 3. The van der Waals surface area contributed by atoms with Crippen molar-refractivity contribution in [2.75, 3.05) is 5.32 Å². The molecule has 21 heavy (non-hydrogen) atoms. The molecule has 0 fully saturated rings. The number of pyridine rings is 1. The number of anilines is 2. The van der Waals surface area contributed by atoms with E-state index >= 15 is 0 Å². The third-order valence-corrected chi connectivity index (χ3v) is 2.91. The van der Waals surface area contributed by atoms with Crippen molar-refractivity contribution in [1.29, 1.82) is 5.26 Å². The summed E-state index contributed by atoms with van der Waals surface area (Å²) in [6.07, 6.45) is -4.40. The minimum Gasteiger partial charge on any atom is -0.354 e. The van der Waals surface area contributed by atoms with E-state index in [1.54, 1.807) is 19.9 Å². The van der Waals surface area contributed by atoms with Gasteiger partial charge in [0.05, 0.1) is 22.5 Å². The minimum atomic E-state index is -4.40. The molecule has 0 aliphatic heterocycles. The molecule has 0 aliphatic rings. The van der Waals surface area contributed by atoms with Crippen molar-refractivity contribution < 1.29 is 13.2 Å². The molecule has 0 atom stereocenters.